The lowest BCUT2D eigenvalue weighted by Crippen LogP contribution is -2.40. The van der Waals surface area contributed by atoms with Gasteiger partial charge in [0.15, 0.2) is 5.16 Å². The number of rotatable bonds is 13. The van der Waals surface area contributed by atoms with E-state index in [0.717, 1.165) is 55.5 Å². The Hall–Kier alpha value is -3.96. The third-order valence-electron chi connectivity index (χ3n) is 6.69. The van der Waals surface area contributed by atoms with E-state index in [-0.39, 0.29) is 27.8 Å². The first-order valence-corrected chi connectivity index (χ1v) is 15.0. The largest absolute Gasteiger partial charge is 0.416 e. The average Bonchev–Trinajstić information content (AvgIpc) is 3.28. The Labute approximate surface area is 309 Å². The van der Waals surface area contributed by atoms with Crippen LogP contribution < -0.4 is 5.56 Å². The number of aromatic nitrogens is 2. The van der Waals surface area contributed by atoms with Crippen LogP contribution in [0.3, 0.4) is 0 Å². The van der Waals surface area contributed by atoms with E-state index >= 15 is 4.79 Å². The van der Waals surface area contributed by atoms with Gasteiger partial charge in [0.1, 0.15) is 12.4 Å². The molecule has 1 unspecified atom stereocenters. The van der Waals surface area contributed by atoms with Crippen molar-refractivity contribution in [3.05, 3.63) is 117 Å². The van der Waals surface area contributed by atoms with Crippen molar-refractivity contribution in [2.75, 3.05) is 26.0 Å². The number of hydrogen-bond donors (Lipinski definition) is 0. The van der Waals surface area contributed by atoms with Crippen molar-refractivity contribution >= 4 is 17.7 Å². The number of amides is 1. The number of likely N-dealkylation sites (N-methyl/N-ethyl adjacent to an activating group) is 1. The standard InChI is InChI=1S/C37H40F4N4O2S/c1-4-43(5-2)18-19-44(22-26-6-10-28(11-7-26)29-12-14-30(15-13-29)37(39,40)41)34(46)23-45-33-21-25(3)20-32(33)35(47)42-36(45)48-24-27-8-16-31(38)17-9-27/h6-17,25H,4-5,18-24H2,1-3H3/i4D2,5D2,8D,9D,16D,17D,18D2,19D2,20D2,21D2,22D2,25D. The number of nitrogens with zero attached hydrogens (tertiary/aromatic N) is 4. The van der Waals surface area contributed by atoms with E-state index in [1.165, 1.54) is 0 Å². The van der Waals surface area contributed by atoms with Crippen LogP contribution in [0.2, 0.25) is 0 Å². The van der Waals surface area contributed by atoms with Gasteiger partial charge in [-0.3, -0.25) is 9.59 Å². The first-order chi connectivity index (χ1) is 30.1. The molecule has 0 aliphatic heterocycles. The molecule has 5 rings (SSSR count). The number of benzene rings is 3. The summed E-state index contributed by atoms with van der Waals surface area (Å²) in [6.45, 7) is -17.7. The van der Waals surface area contributed by atoms with Crippen LogP contribution in [0, 0.1) is 11.7 Å². The molecule has 1 aliphatic rings. The fourth-order valence-electron chi connectivity index (χ4n) is 4.36. The van der Waals surface area contributed by atoms with Crippen molar-refractivity contribution in [1.29, 1.82) is 0 Å². The summed E-state index contributed by atoms with van der Waals surface area (Å²) in [4.78, 5) is 31.9. The molecule has 0 bridgehead atoms. The van der Waals surface area contributed by atoms with Crippen molar-refractivity contribution in [2.45, 2.75) is 63.6 Å². The zero-order valence-electron chi connectivity index (χ0n) is 44.6. The minimum atomic E-state index is -4.68. The molecule has 0 N–H and O–H groups in total. The summed E-state index contributed by atoms with van der Waals surface area (Å²) in [5.41, 5.74) is -5.49. The van der Waals surface area contributed by atoms with Crippen LogP contribution >= 0.6 is 11.8 Å². The maximum atomic E-state index is 15.1. The SMILES string of the molecule is [2H]c1c([2H])c(CSc2nc(=O)c3c(n2CC(=O)N(C([2H])([2H])c2ccc(-c4ccc(C(F)(F)F)cc4)cc2)C([2H])([2H])C([2H])([2H])N(C([2H])([2H])C)C([2H])([2H])C)C([2H])([2H])C([2H])(C)C3([2H])[2H])c([2H])c([2H])c1F. The molecule has 6 nitrogen and oxygen atoms in total. The molecule has 1 heterocycles. The van der Waals surface area contributed by atoms with Crippen LogP contribution in [0.25, 0.3) is 11.1 Å². The van der Waals surface area contributed by atoms with Crippen molar-refractivity contribution in [2.24, 2.45) is 5.89 Å². The van der Waals surface area contributed by atoms with E-state index in [2.05, 4.69) is 4.98 Å². The Morgan fingerprint density at radius 1 is 1.02 bits per heavy atom. The summed E-state index contributed by atoms with van der Waals surface area (Å²) in [6, 6.07) is 3.93. The van der Waals surface area contributed by atoms with E-state index in [1.807, 2.05) is 0 Å². The van der Waals surface area contributed by atoms with Gasteiger partial charge in [0.25, 0.3) is 5.56 Å². The van der Waals surface area contributed by atoms with Crippen LogP contribution in [0.5, 0.6) is 0 Å². The summed E-state index contributed by atoms with van der Waals surface area (Å²) >= 11 is 0.287. The van der Waals surface area contributed by atoms with Gasteiger partial charge in [-0.25, -0.2) is 4.39 Å². The van der Waals surface area contributed by atoms with Crippen molar-refractivity contribution in [3.8, 4) is 11.1 Å². The second-order valence-corrected chi connectivity index (χ2v) is 10.9. The molecule has 0 spiro atoms. The first kappa shape index (κ1) is 18.2. The van der Waals surface area contributed by atoms with Crippen LogP contribution in [0.4, 0.5) is 17.6 Å². The number of carbonyl (C=O) groups excluding carboxylic acids is 1. The summed E-state index contributed by atoms with van der Waals surface area (Å²) in [7, 11) is 0. The number of halogens is 4. The molecule has 0 saturated carbocycles. The normalized spacial score (nSPS) is 25.3. The maximum Gasteiger partial charge on any atom is 0.416 e. The molecule has 1 amide bonds. The first-order valence-electron chi connectivity index (χ1n) is 23.6. The van der Waals surface area contributed by atoms with Crippen molar-refractivity contribution < 1.29 is 48.4 Å². The van der Waals surface area contributed by atoms with Gasteiger partial charge in [0.2, 0.25) is 5.91 Å². The van der Waals surface area contributed by atoms with Gasteiger partial charge in [-0.15, -0.1) is 0 Å². The molecule has 0 radical (unpaired) electrons. The molecule has 1 aromatic heterocycles. The molecule has 11 heteroatoms. The summed E-state index contributed by atoms with van der Waals surface area (Å²) in [6.07, 6.45) is -11.2. The maximum absolute atomic E-state index is 15.1. The lowest BCUT2D eigenvalue weighted by Gasteiger charge is -2.28. The zero-order chi connectivity index (χ0) is 51.4. The zero-order valence-corrected chi connectivity index (χ0v) is 26.4. The third kappa shape index (κ3) is 8.73. The van der Waals surface area contributed by atoms with Crippen molar-refractivity contribution in [1.82, 2.24) is 19.4 Å². The van der Waals surface area contributed by atoms with Gasteiger partial charge in [0.05, 0.1) is 16.5 Å². The van der Waals surface area contributed by atoms with Gasteiger partial charge in [0, 0.05) is 51.6 Å². The monoisotopic (exact) mass is 699 g/mol. The van der Waals surface area contributed by atoms with Crippen LogP contribution in [-0.2, 0) is 42.5 Å². The number of fused-ring (bicyclic) bond motifs is 1. The van der Waals surface area contributed by atoms with E-state index in [1.54, 1.807) is 0 Å². The molecular weight excluding hydrogens is 640 g/mol. The lowest BCUT2D eigenvalue weighted by molar-refractivity contribution is -0.137. The molecule has 48 heavy (non-hydrogen) atoms. The van der Waals surface area contributed by atoms with Crippen LogP contribution in [-0.4, -0.2) is 51.2 Å². The molecule has 0 fully saturated rings. The molecule has 3 aromatic carbocycles. The van der Waals surface area contributed by atoms with E-state index in [4.69, 9.17) is 20.6 Å². The highest BCUT2D eigenvalue weighted by molar-refractivity contribution is 7.98. The summed E-state index contributed by atoms with van der Waals surface area (Å²) < 4.78 is 219. The van der Waals surface area contributed by atoms with Gasteiger partial charge >= 0.3 is 6.18 Å². The molecular formula is C37H40F4N4O2S. The fraction of sp³-hybridized carbons (Fsp3) is 0.378. The Bertz CT molecular complexity index is 2610. The van der Waals surface area contributed by atoms with Gasteiger partial charge in [-0.1, -0.05) is 81.0 Å². The lowest BCUT2D eigenvalue weighted by atomic mass is 10.0. The van der Waals surface area contributed by atoms with E-state index in [9.17, 15) is 27.8 Å². The number of alkyl halides is 3. The fourth-order valence-corrected chi connectivity index (χ4v) is 5.24. The molecule has 0 saturated heterocycles. The van der Waals surface area contributed by atoms with E-state index < -0.39 is 149 Å². The summed E-state index contributed by atoms with van der Waals surface area (Å²) in [5, 5.41) is -0.808. The number of hydrogen-bond acceptors (Lipinski definition) is 5. The molecule has 4 aromatic rings. The second kappa shape index (κ2) is 15.5. The highest BCUT2D eigenvalue weighted by Crippen LogP contribution is 2.32. The smallest absolute Gasteiger partial charge is 0.336 e. The van der Waals surface area contributed by atoms with Gasteiger partial charge in [-0.05, 0) is 78.1 Å². The van der Waals surface area contributed by atoms with Crippen LogP contribution in [0.15, 0.2) is 82.7 Å². The number of thioether (sulfide) groups is 1. The molecule has 254 valence electrons. The van der Waals surface area contributed by atoms with Gasteiger partial charge < -0.3 is 14.4 Å². The Kier molecular flexibility index (Phi) is 5.86. The second-order valence-electron chi connectivity index (χ2n) is 9.97. The predicted octanol–water partition coefficient (Wildman–Crippen LogP) is 7.47. The minimum Gasteiger partial charge on any atom is -0.336 e. The molecule has 1 aliphatic carbocycles. The molecule has 1 atom stereocenters. The number of carbonyl (C=O) groups is 1. The highest BCUT2D eigenvalue weighted by Gasteiger charge is 2.30. The van der Waals surface area contributed by atoms with Crippen molar-refractivity contribution in [3.63, 3.8) is 0 Å². The Balaban J connectivity index is 1.78. The van der Waals surface area contributed by atoms with E-state index in [0.29, 0.717) is 18.4 Å². The quantitative estimate of drug-likeness (QED) is 0.0824. The predicted molar refractivity (Wildman–Crippen MR) is 181 cm³/mol. The minimum absolute atomic E-state index is 0.170. The Morgan fingerprint density at radius 2 is 1.65 bits per heavy atom. The Morgan fingerprint density at radius 3 is 2.25 bits per heavy atom. The average molecular weight is 700 g/mol. The third-order valence-corrected chi connectivity index (χ3v) is 7.70. The topological polar surface area (TPSA) is 58.4 Å². The summed E-state index contributed by atoms with van der Waals surface area (Å²) in [5.74, 6) is -7.08. The van der Waals surface area contributed by atoms with Gasteiger partial charge in [-0.2, -0.15) is 18.2 Å². The van der Waals surface area contributed by atoms with Crippen LogP contribution in [0.1, 0.15) is 74.8 Å². The highest BCUT2D eigenvalue weighted by atomic mass is 32.2.